The highest BCUT2D eigenvalue weighted by Gasteiger charge is 2.85. The topological polar surface area (TPSA) is 110 Å². The van der Waals surface area contributed by atoms with Crippen LogP contribution in [0.25, 0.3) is 0 Å². The van der Waals surface area contributed by atoms with Crippen LogP contribution in [-0.2, 0) is 20.9 Å². The van der Waals surface area contributed by atoms with Gasteiger partial charge in [0.25, 0.3) is 0 Å². The summed E-state index contributed by atoms with van der Waals surface area (Å²) in [6.07, 6.45) is -1.07. The number of alkyl halides is 1. The van der Waals surface area contributed by atoms with Crippen LogP contribution in [0.4, 0.5) is 4.39 Å². The predicted molar refractivity (Wildman–Crippen MR) is 82.7 cm³/mol. The van der Waals surface area contributed by atoms with Crippen molar-refractivity contribution >= 4 is 35.1 Å². The third kappa shape index (κ3) is 2.30. The lowest BCUT2D eigenvalue weighted by atomic mass is 9.88. The van der Waals surface area contributed by atoms with Gasteiger partial charge in [0, 0.05) is 11.8 Å². The van der Waals surface area contributed by atoms with Gasteiger partial charge < -0.3 is 20.7 Å². The Morgan fingerprint density at radius 3 is 2.50 bits per heavy atom. The third-order valence-corrected chi connectivity index (χ3v) is 5.67. The van der Waals surface area contributed by atoms with E-state index in [2.05, 4.69) is 0 Å². The van der Waals surface area contributed by atoms with Gasteiger partial charge in [0.2, 0.25) is 5.67 Å². The standard InChI is InChI=1S/C15H14Cl2FNO5/c16-8-2-1-6(3-9(8)17)5-24-10-4-7-11(14(7,18)12(20)21)15(10,19)13(22)23/h1-3,7,10-11H,4-5,19H2,(H,20,21)(H,22,23)/t7?,10?,11?,14-,15+/m0/s1. The van der Waals surface area contributed by atoms with Gasteiger partial charge >= 0.3 is 11.9 Å². The number of carboxylic acid groups (broad SMARTS) is 2. The molecule has 0 aliphatic heterocycles. The van der Waals surface area contributed by atoms with Crippen LogP contribution in [-0.4, -0.2) is 39.5 Å². The SMILES string of the molecule is N[C@]1(C(=O)O)C(OCc2ccc(Cl)c(Cl)c2)CC2C1[C@]2(F)C(=O)O. The van der Waals surface area contributed by atoms with E-state index in [1.807, 2.05) is 0 Å². The summed E-state index contributed by atoms with van der Waals surface area (Å²) in [5.41, 5.74) is 1.84. The molecule has 0 saturated heterocycles. The van der Waals surface area contributed by atoms with Crippen LogP contribution < -0.4 is 5.73 Å². The van der Waals surface area contributed by atoms with E-state index < -0.39 is 41.1 Å². The number of halogens is 3. The van der Waals surface area contributed by atoms with E-state index in [1.165, 1.54) is 0 Å². The van der Waals surface area contributed by atoms with E-state index in [4.69, 9.17) is 38.8 Å². The van der Waals surface area contributed by atoms with Crippen LogP contribution >= 0.6 is 23.2 Å². The molecule has 130 valence electrons. The molecule has 1 aromatic carbocycles. The fraction of sp³-hybridized carbons (Fsp3) is 0.467. The molecule has 6 nitrogen and oxygen atoms in total. The first-order valence-electron chi connectivity index (χ1n) is 7.13. The Morgan fingerprint density at radius 2 is 1.96 bits per heavy atom. The molecule has 5 atom stereocenters. The van der Waals surface area contributed by atoms with Crippen molar-refractivity contribution in [3.05, 3.63) is 33.8 Å². The number of benzene rings is 1. The number of aliphatic carboxylic acids is 2. The van der Waals surface area contributed by atoms with Crippen molar-refractivity contribution in [2.75, 3.05) is 0 Å². The summed E-state index contributed by atoms with van der Waals surface area (Å²) in [4.78, 5) is 22.7. The number of ether oxygens (including phenoxy) is 1. The molecular formula is C15H14Cl2FNO5. The molecular weight excluding hydrogens is 364 g/mol. The van der Waals surface area contributed by atoms with Gasteiger partial charge in [0.15, 0.2) is 0 Å². The van der Waals surface area contributed by atoms with Crippen molar-refractivity contribution in [1.82, 2.24) is 0 Å². The molecule has 2 fully saturated rings. The van der Waals surface area contributed by atoms with Crippen LogP contribution in [0.3, 0.4) is 0 Å². The molecule has 9 heteroatoms. The van der Waals surface area contributed by atoms with Gasteiger partial charge in [-0.2, -0.15) is 0 Å². The summed E-state index contributed by atoms with van der Waals surface area (Å²) in [6.45, 7) is -0.000414. The molecule has 4 N–H and O–H groups in total. The number of carboxylic acids is 2. The average Bonchev–Trinajstić information content (AvgIpc) is 2.98. The molecule has 1 aromatic rings. The van der Waals surface area contributed by atoms with Crippen molar-refractivity contribution < 1.29 is 28.9 Å². The summed E-state index contributed by atoms with van der Waals surface area (Å²) in [5, 5.41) is 19.1. The monoisotopic (exact) mass is 377 g/mol. The third-order valence-electron chi connectivity index (χ3n) is 4.93. The lowest BCUT2D eigenvalue weighted by Crippen LogP contribution is -2.60. The second-order valence-corrected chi connectivity index (χ2v) is 6.99. The summed E-state index contributed by atoms with van der Waals surface area (Å²) in [6, 6.07) is 4.79. The molecule has 2 saturated carbocycles. The summed E-state index contributed by atoms with van der Waals surface area (Å²) < 4.78 is 20.0. The number of nitrogens with two attached hydrogens (primary N) is 1. The molecule has 0 radical (unpaired) electrons. The molecule has 2 aliphatic carbocycles. The van der Waals surface area contributed by atoms with Crippen LogP contribution in [0.5, 0.6) is 0 Å². The zero-order valence-electron chi connectivity index (χ0n) is 12.2. The minimum absolute atomic E-state index is 0.000414. The minimum atomic E-state index is -2.60. The van der Waals surface area contributed by atoms with Gasteiger partial charge in [0.05, 0.1) is 22.8 Å². The quantitative estimate of drug-likeness (QED) is 0.724. The fourth-order valence-electron chi connectivity index (χ4n) is 3.63. The zero-order valence-corrected chi connectivity index (χ0v) is 13.7. The number of carbonyl (C=O) groups is 2. The van der Waals surface area contributed by atoms with E-state index in [1.54, 1.807) is 18.2 Å². The molecule has 3 unspecified atom stereocenters. The van der Waals surface area contributed by atoms with Gasteiger partial charge in [0.1, 0.15) is 5.54 Å². The van der Waals surface area contributed by atoms with Crippen LogP contribution in [0, 0.1) is 11.8 Å². The Balaban J connectivity index is 1.76. The highest BCUT2D eigenvalue weighted by atomic mass is 35.5. The van der Waals surface area contributed by atoms with Crippen molar-refractivity contribution in [3.8, 4) is 0 Å². The fourth-order valence-corrected chi connectivity index (χ4v) is 3.95. The number of hydrogen-bond donors (Lipinski definition) is 3. The Hall–Kier alpha value is -1.41. The average molecular weight is 378 g/mol. The molecule has 0 spiro atoms. The van der Waals surface area contributed by atoms with E-state index in [9.17, 15) is 19.1 Å². The van der Waals surface area contributed by atoms with Crippen LogP contribution in [0.15, 0.2) is 18.2 Å². The van der Waals surface area contributed by atoms with Crippen molar-refractivity contribution in [3.63, 3.8) is 0 Å². The van der Waals surface area contributed by atoms with E-state index in [-0.39, 0.29) is 13.0 Å². The van der Waals surface area contributed by atoms with Crippen molar-refractivity contribution in [1.29, 1.82) is 0 Å². The first-order chi connectivity index (χ1) is 11.1. The minimum Gasteiger partial charge on any atom is -0.480 e. The van der Waals surface area contributed by atoms with Gasteiger partial charge in [-0.25, -0.2) is 9.18 Å². The normalized spacial score (nSPS) is 37.1. The summed E-state index contributed by atoms with van der Waals surface area (Å²) >= 11 is 11.7. The molecule has 2 aliphatic rings. The van der Waals surface area contributed by atoms with Gasteiger partial charge in [-0.1, -0.05) is 29.3 Å². The van der Waals surface area contributed by atoms with Crippen LogP contribution in [0.1, 0.15) is 12.0 Å². The molecule has 24 heavy (non-hydrogen) atoms. The van der Waals surface area contributed by atoms with Crippen molar-refractivity contribution in [2.45, 2.75) is 30.3 Å². The second kappa shape index (κ2) is 5.56. The maximum atomic E-state index is 14.4. The Kier molecular flexibility index (Phi) is 4.03. The zero-order chi connectivity index (χ0) is 17.9. The van der Waals surface area contributed by atoms with E-state index in [0.717, 1.165) is 0 Å². The molecule has 0 aromatic heterocycles. The highest BCUT2D eigenvalue weighted by molar-refractivity contribution is 6.42. The smallest absolute Gasteiger partial charge is 0.342 e. The Bertz CT molecular complexity index is 732. The summed E-state index contributed by atoms with van der Waals surface area (Å²) in [5.74, 6) is -5.43. The summed E-state index contributed by atoms with van der Waals surface area (Å²) in [7, 11) is 0. The Morgan fingerprint density at radius 1 is 1.29 bits per heavy atom. The molecule has 0 bridgehead atoms. The molecule has 0 amide bonds. The number of rotatable bonds is 5. The first kappa shape index (κ1) is 17.4. The lowest BCUT2D eigenvalue weighted by molar-refractivity contribution is -0.156. The maximum absolute atomic E-state index is 14.4. The van der Waals surface area contributed by atoms with Gasteiger partial charge in [-0.05, 0) is 24.1 Å². The van der Waals surface area contributed by atoms with Gasteiger partial charge in [-0.15, -0.1) is 0 Å². The Labute approximate surface area is 146 Å². The van der Waals surface area contributed by atoms with E-state index in [0.29, 0.717) is 15.6 Å². The van der Waals surface area contributed by atoms with Gasteiger partial charge in [-0.3, -0.25) is 4.79 Å². The lowest BCUT2D eigenvalue weighted by Gasteiger charge is -2.31. The van der Waals surface area contributed by atoms with E-state index >= 15 is 0 Å². The largest absolute Gasteiger partial charge is 0.480 e. The highest BCUT2D eigenvalue weighted by Crippen LogP contribution is 2.67. The van der Waals surface area contributed by atoms with Crippen LogP contribution in [0.2, 0.25) is 10.0 Å². The maximum Gasteiger partial charge on any atom is 0.342 e. The first-order valence-corrected chi connectivity index (χ1v) is 7.89. The molecule has 3 rings (SSSR count). The molecule has 0 heterocycles. The number of fused-ring (bicyclic) bond motifs is 1. The second-order valence-electron chi connectivity index (χ2n) is 6.18. The number of hydrogen-bond acceptors (Lipinski definition) is 4. The van der Waals surface area contributed by atoms with Crippen molar-refractivity contribution in [2.24, 2.45) is 17.6 Å². The predicted octanol–water partition coefficient (Wildman–Crippen LogP) is 2.10.